The highest BCUT2D eigenvalue weighted by molar-refractivity contribution is 5.80. The van der Waals surface area contributed by atoms with E-state index in [0.29, 0.717) is 13.0 Å². The van der Waals surface area contributed by atoms with Gasteiger partial charge in [-0.05, 0) is 40.1 Å². The molecule has 7 heteroatoms. The highest BCUT2D eigenvalue weighted by Crippen LogP contribution is 2.14. The molecule has 134 valence electrons. The van der Waals surface area contributed by atoms with Gasteiger partial charge in [-0.3, -0.25) is 4.79 Å². The maximum Gasteiger partial charge on any atom is 0.245 e. The van der Waals surface area contributed by atoms with Crippen molar-refractivity contribution in [3.63, 3.8) is 0 Å². The SMILES string of the molecule is COc1ccc(CCNC(=O)[C@@H](Cc2ccccc2)n2cnnn2)cc1. The number of hydrogen-bond donors (Lipinski definition) is 1. The zero-order valence-corrected chi connectivity index (χ0v) is 14.6. The first-order valence-corrected chi connectivity index (χ1v) is 8.43. The molecule has 0 aliphatic carbocycles. The van der Waals surface area contributed by atoms with Crippen LogP contribution in [0, 0.1) is 0 Å². The van der Waals surface area contributed by atoms with E-state index >= 15 is 0 Å². The van der Waals surface area contributed by atoms with Crippen LogP contribution in [0.2, 0.25) is 0 Å². The van der Waals surface area contributed by atoms with E-state index in [2.05, 4.69) is 20.8 Å². The molecule has 2 aromatic carbocycles. The Bertz CT molecular complexity index is 804. The van der Waals surface area contributed by atoms with Crippen molar-refractivity contribution in [1.82, 2.24) is 25.5 Å². The second-order valence-electron chi connectivity index (χ2n) is 5.88. The normalized spacial score (nSPS) is 11.7. The molecule has 3 rings (SSSR count). The minimum absolute atomic E-state index is 0.102. The summed E-state index contributed by atoms with van der Waals surface area (Å²) in [5.74, 6) is 0.717. The zero-order valence-electron chi connectivity index (χ0n) is 14.6. The van der Waals surface area contributed by atoms with Crippen LogP contribution < -0.4 is 10.1 Å². The monoisotopic (exact) mass is 351 g/mol. The zero-order chi connectivity index (χ0) is 18.2. The summed E-state index contributed by atoms with van der Waals surface area (Å²) >= 11 is 0. The first-order valence-electron chi connectivity index (χ1n) is 8.43. The quantitative estimate of drug-likeness (QED) is 0.669. The van der Waals surface area contributed by atoms with Crippen LogP contribution >= 0.6 is 0 Å². The Morgan fingerprint density at radius 1 is 1.12 bits per heavy atom. The highest BCUT2D eigenvalue weighted by Gasteiger charge is 2.21. The van der Waals surface area contributed by atoms with Gasteiger partial charge in [-0.25, -0.2) is 4.68 Å². The number of hydrogen-bond acceptors (Lipinski definition) is 5. The van der Waals surface area contributed by atoms with Gasteiger partial charge in [0.2, 0.25) is 5.91 Å². The summed E-state index contributed by atoms with van der Waals surface area (Å²) < 4.78 is 6.65. The molecule has 1 N–H and O–H groups in total. The van der Waals surface area contributed by atoms with Crippen molar-refractivity contribution in [3.8, 4) is 5.75 Å². The molecule has 26 heavy (non-hydrogen) atoms. The molecule has 1 atom stereocenters. The van der Waals surface area contributed by atoms with Crippen LogP contribution in [0.5, 0.6) is 5.75 Å². The number of nitrogens with zero attached hydrogens (tertiary/aromatic N) is 4. The Morgan fingerprint density at radius 2 is 1.88 bits per heavy atom. The van der Waals surface area contributed by atoms with Gasteiger partial charge in [-0.2, -0.15) is 0 Å². The summed E-state index contributed by atoms with van der Waals surface area (Å²) in [5, 5.41) is 14.2. The number of nitrogens with one attached hydrogen (secondary N) is 1. The highest BCUT2D eigenvalue weighted by atomic mass is 16.5. The van der Waals surface area contributed by atoms with Crippen LogP contribution in [0.1, 0.15) is 17.2 Å². The van der Waals surface area contributed by atoms with Crippen LogP contribution in [-0.4, -0.2) is 39.8 Å². The average Bonchev–Trinajstić information content (AvgIpc) is 3.22. The molecule has 0 aliphatic heterocycles. The van der Waals surface area contributed by atoms with Crippen molar-refractivity contribution < 1.29 is 9.53 Å². The molecule has 0 fully saturated rings. The van der Waals surface area contributed by atoms with E-state index < -0.39 is 6.04 Å². The number of rotatable bonds is 8. The fraction of sp³-hybridized carbons (Fsp3) is 0.263. The molecule has 0 bridgehead atoms. The van der Waals surface area contributed by atoms with Gasteiger partial charge in [-0.15, -0.1) is 5.10 Å². The minimum Gasteiger partial charge on any atom is -0.497 e. The van der Waals surface area contributed by atoms with Gasteiger partial charge in [0.1, 0.15) is 18.1 Å². The molecular weight excluding hydrogens is 330 g/mol. The topological polar surface area (TPSA) is 81.9 Å². The fourth-order valence-electron chi connectivity index (χ4n) is 2.69. The standard InChI is InChI=1S/C19H21N5O2/c1-26-17-9-7-15(8-10-17)11-12-20-19(25)18(24-14-21-22-23-24)13-16-5-3-2-4-6-16/h2-10,14,18H,11-13H2,1H3,(H,20,25)/t18-/m1/s1. The Balaban J connectivity index is 1.60. The van der Waals surface area contributed by atoms with Gasteiger partial charge in [0.25, 0.3) is 0 Å². The van der Waals surface area contributed by atoms with Gasteiger partial charge in [-0.1, -0.05) is 42.5 Å². The van der Waals surface area contributed by atoms with E-state index in [1.807, 2.05) is 54.6 Å². The first kappa shape index (κ1) is 17.6. The lowest BCUT2D eigenvalue weighted by atomic mass is 10.1. The Hall–Kier alpha value is -3.22. The number of benzene rings is 2. The van der Waals surface area contributed by atoms with Gasteiger partial charge >= 0.3 is 0 Å². The summed E-state index contributed by atoms with van der Waals surface area (Å²) in [5.41, 5.74) is 2.19. The molecule has 0 aliphatic rings. The lowest BCUT2D eigenvalue weighted by Crippen LogP contribution is -2.35. The number of amides is 1. The predicted molar refractivity (Wildman–Crippen MR) is 96.7 cm³/mol. The van der Waals surface area contributed by atoms with E-state index in [4.69, 9.17) is 4.74 Å². The van der Waals surface area contributed by atoms with E-state index in [9.17, 15) is 4.79 Å². The van der Waals surface area contributed by atoms with E-state index in [1.54, 1.807) is 7.11 Å². The van der Waals surface area contributed by atoms with E-state index in [-0.39, 0.29) is 5.91 Å². The fourth-order valence-corrected chi connectivity index (χ4v) is 2.69. The second kappa shape index (κ2) is 8.75. The van der Waals surface area contributed by atoms with Gasteiger partial charge < -0.3 is 10.1 Å². The largest absolute Gasteiger partial charge is 0.497 e. The third-order valence-electron chi connectivity index (χ3n) is 4.13. The average molecular weight is 351 g/mol. The van der Waals surface area contributed by atoms with Crippen LogP contribution in [0.15, 0.2) is 60.9 Å². The summed E-state index contributed by atoms with van der Waals surface area (Å²) in [6, 6.07) is 17.2. The molecule has 3 aromatic rings. The van der Waals surface area contributed by atoms with Crippen LogP contribution in [0.25, 0.3) is 0 Å². The summed E-state index contributed by atoms with van der Waals surface area (Å²) in [6.45, 7) is 0.540. The van der Waals surface area contributed by atoms with Crippen molar-refractivity contribution in [3.05, 3.63) is 72.1 Å². The molecule has 1 amide bonds. The first-order chi connectivity index (χ1) is 12.8. The molecular formula is C19H21N5O2. The Morgan fingerprint density at radius 3 is 2.54 bits per heavy atom. The number of carbonyl (C=O) groups excluding carboxylic acids is 1. The third kappa shape index (κ3) is 4.66. The van der Waals surface area contributed by atoms with Crippen LogP contribution in [-0.2, 0) is 17.6 Å². The van der Waals surface area contributed by atoms with Crippen molar-refractivity contribution in [2.24, 2.45) is 0 Å². The Kier molecular flexibility index (Phi) is 5.92. The van der Waals surface area contributed by atoms with Crippen molar-refractivity contribution in [2.45, 2.75) is 18.9 Å². The van der Waals surface area contributed by atoms with Crippen LogP contribution in [0.3, 0.4) is 0 Å². The number of ether oxygens (including phenoxy) is 1. The van der Waals surface area contributed by atoms with Crippen molar-refractivity contribution in [2.75, 3.05) is 13.7 Å². The van der Waals surface area contributed by atoms with Gasteiger partial charge in [0.15, 0.2) is 0 Å². The smallest absolute Gasteiger partial charge is 0.245 e. The molecule has 1 heterocycles. The number of aromatic nitrogens is 4. The molecule has 1 aromatic heterocycles. The van der Waals surface area contributed by atoms with Gasteiger partial charge in [0.05, 0.1) is 7.11 Å². The maximum absolute atomic E-state index is 12.7. The van der Waals surface area contributed by atoms with E-state index in [1.165, 1.54) is 11.0 Å². The molecule has 7 nitrogen and oxygen atoms in total. The summed E-state index contributed by atoms with van der Waals surface area (Å²) in [7, 11) is 1.64. The minimum atomic E-state index is -0.483. The number of methoxy groups -OCH3 is 1. The molecule has 0 spiro atoms. The summed E-state index contributed by atoms with van der Waals surface area (Å²) in [4.78, 5) is 12.7. The summed E-state index contributed by atoms with van der Waals surface area (Å²) in [6.07, 6.45) is 2.74. The third-order valence-corrected chi connectivity index (χ3v) is 4.13. The van der Waals surface area contributed by atoms with E-state index in [0.717, 1.165) is 23.3 Å². The molecule has 0 saturated heterocycles. The van der Waals surface area contributed by atoms with Gasteiger partial charge in [0, 0.05) is 13.0 Å². The lowest BCUT2D eigenvalue weighted by molar-refractivity contribution is -0.124. The predicted octanol–water partition coefficient (Wildman–Crippen LogP) is 1.82. The molecule has 0 unspecified atom stereocenters. The maximum atomic E-state index is 12.7. The number of tetrazole rings is 1. The van der Waals surface area contributed by atoms with Crippen molar-refractivity contribution >= 4 is 5.91 Å². The molecule has 0 radical (unpaired) electrons. The Labute approximate surface area is 152 Å². The van der Waals surface area contributed by atoms with Crippen LogP contribution in [0.4, 0.5) is 0 Å². The lowest BCUT2D eigenvalue weighted by Gasteiger charge is -2.16. The molecule has 0 saturated carbocycles. The number of carbonyl (C=O) groups is 1. The van der Waals surface area contributed by atoms with Crippen molar-refractivity contribution in [1.29, 1.82) is 0 Å². The second-order valence-corrected chi connectivity index (χ2v) is 5.88.